The molecule has 11 rings (SSSR count). The van der Waals surface area contributed by atoms with Crippen molar-refractivity contribution in [1.82, 2.24) is 14.1 Å². The highest BCUT2D eigenvalue weighted by molar-refractivity contribution is 6.12. The highest BCUT2D eigenvalue weighted by Crippen LogP contribution is 2.50. The van der Waals surface area contributed by atoms with E-state index in [2.05, 4.69) is 178 Å². The van der Waals surface area contributed by atoms with Gasteiger partial charge in [-0.05, 0) is 94.0 Å². The maximum absolute atomic E-state index is 4.26. The molecule has 0 radical (unpaired) electrons. The molecule has 2 aliphatic carbocycles. The Morgan fingerprint density at radius 1 is 0.400 bits per heavy atom. The molecule has 0 fully saturated rings. The van der Waals surface area contributed by atoms with E-state index in [-0.39, 0.29) is 0 Å². The van der Waals surface area contributed by atoms with Gasteiger partial charge in [-0.1, -0.05) is 103 Å². The molecule has 2 atom stereocenters. The maximum Gasteiger partial charge on any atom is 0.0541 e. The molecule has 3 nitrogen and oxygen atoms in total. The van der Waals surface area contributed by atoms with Crippen molar-refractivity contribution in [3.8, 4) is 33.6 Å². The average molecular weight is 638 g/mol. The number of nitrogens with zero attached hydrogens (tertiary/aromatic N) is 3. The molecule has 234 valence electrons. The molecule has 0 saturated heterocycles. The van der Waals surface area contributed by atoms with Crippen LogP contribution >= 0.6 is 0 Å². The first kappa shape index (κ1) is 27.5. The summed E-state index contributed by atoms with van der Waals surface area (Å²) < 4.78 is 4.80. The fourth-order valence-electron chi connectivity index (χ4n) is 8.80. The fraction of sp³-hybridized carbons (Fsp3) is 0.0426. The molecule has 0 bridgehead atoms. The lowest BCUT2D eigenvalue weighted by Gasteiger charge is -2.34. The van der Waals surface area contributed by atoms with E-state index in [9.17, 15) is 0 Å². The number of rotatable bonds is 3. The summed E-state index contributed by atoms with van der Waals surface area (Å²) in [6, 6.07) is 51.6. The second-order valence-electron chi connectivity index (χ2n) is 13.6. The fourth-order valence-corrected chi connectivity index (χ4v) is 8.80. The normalized spacial score (nSPS) is 16.2. The van der Waals surface area contributed by atoms with Gasteiger partial charge in [0.1, 0.15) is 0 Å². The van der Waals surface area contributed by atoms with Crippen molar-refractivity contribution in [2.75, 3.05) is 0 Å². The minimum absolute atomic E-state index is 0.323. The average Bonchev–Trinajstić information content (AvgIpc) is 3.70. The molecule has 3 heteroatoms. The number of benzene rings is 6. The third kappa shape index (κ3) is 3.89. The van der Waals surface area contributed by atoms with Crippen molar-refractivity contribution < 1.29 is 0 Å². The van der Waals surface area contributed by atoms with Gasteiger partial charge in [0.25, 0.3) is 0 Å². The number of aromatic nitrogens is 3. The Bertz CT molecular complexity index is 2880. The van der Waals surface area contributed by atoms with Crippen molar-refractivity contribution >= 4 is 43.6 Å². The van der Waals surface area contributed by atoms with Crippen LogP contribution in [0.15, 0.2) is 176 Å². The lowest BCUT2D eigenvalue weighted by molar-refractivity contribution is 0.719. The van der Waals surface area contributed by atoms with Gasteiger partial charge in [0.15, 0.2) is 0 Å². The number of pyridine rings is 1. The molecule has 2 unspecified atom stereocenters. The Morgan fingerprint density at radius 2 is 0.940 bits per heavy atom. The van der Waals surface area contributed by atoms with E-state index in [0.29, 0.717) is 11.8 Å². The van der Waals surface area contributed by atoms with Crippen LogP contribution in [0.25, 0.3) is 77.2 Å². The smallest absolute Gasteiger partial charge is 0.0541 e. The maximum atomic E-state index is 4.26. The van der Waals surface area contributed by atoms with E-state index in [0.717, 1.165) is 5.69 Å². The van der Waals surface area contributed by atoms with Crippen LogP contribution in [0, 0.1) is 0 Å². The molecular formula is C47H31N3. The van der Waals surface area contributed by atoms with Crippen LogP contribution < -0.4 is 0 Å². The topological polar surface area (TPSA) is 22.8 Å². The van der Waals surface area contributed by atoms with Gasteiger partial charge in [0.05, 0.1) is 22.1 Å². The zero-order valence-corrected chi connectivity index (χ0v) is 27.2. The van der Waals surface area contributed by atoms with E-state index >= 15 is 0 Å². The summed E-state index contributed by atoms with van der Waals surface area (Å²) in [7, 11) is 0. The molecular weight excluding hydrogens is 607 g/mol. The van der Waals surface area contributed by atoms with Gasteiger partial charge in [-0.3, -0.25) is 4.98 Å². The van der Waals surface area contributed by atoms with Crippen molar-refractivity contribution in [1.29, 1.82) is 0 Å². The lowest BCUT2D eigenvalue weighted by Crippen LogP contribution is -2.16. The van der Waals surface area contributed by atoms with Gasteiger partial charge in [0, 0.05) is 57.1 Å². The van der Waals surface area contributed by atoms with Crippen LogP contribution in [0.3, 0.4) is 0 Å². The van der Waals surface area contributed by atoms with E-state index in [1.54, 1.807) is 0 Å². The molecule has 2 aliphatic rings. The summed E-state index contributed by atoms with van der Waals surface area (Å²) in [6.07, 6.45) is 12.9. The second kappa shape index (κ2) is 10.5. The highest BCUT2D eigenvalue weighted by atomic mass is 15.0. The lowest BCUT2D eigenvalue weighted by atomic mass is 9.70. The van der Waals surface area contributed by atoms with Gasteiger partial charge in [0.2, 0.25) is 0 Å². The quantitative estimate of drug-likeness (QED) is 0.189. The van der Waals surface area contributed by atoms with Gasteiger partial charge < -0.3 is 9.13 Å². The van der Waals surface area contributed by atoms with Crippen molar-refractivity contribution in [2.24, 2.45) is 0 Å². The summed E-state index contributed by atoms with van der Waals surface area (Å²) in [5, 5.41) is 5.03. The molecule has 0 aliphatic heterocycles. The summed E-state index contributed by atoms with van der Waals surface area (Å²) >= 11 is 0. The molecule has 9 aromatic rings. The molecule has 0 spiro atoms. The Balaban J connectivity index is 1.09. The van der Waals surface area contributed by atoms with Gasteiger partial charge in [-0.15, -0.1) is 0 Å². The van der Waals surface area contributed by atoms with Crippen LogP contribution in [0.5, 0.6) is 0 Å². The Labute approximate surface area is 289 Å². The zero-order valence-electron chi connectivity index (χ0n) is 27.2. The number of para-hydroxylation sites is 2. The standard InChI is InChI=1S/C47H31N3/c1-2-11-36-34(9-1)35-10-3-4-12-37(35)41-29-33(19-20-38(36)41)50-45-16-8-6-14-40(45)43-28-31(18-22-47(43)50)30-17-21-46-42(27-30)39-13-5-7-15-44(39)49(46)32-23-25-48-26-24-32/h1-29,35,37H. The van der Waals surface area contributed by atoms with E-state index in [4.69, 9.17) is 0 Å². The largest absolute Gasteiger partial charge is 0.309 e. The van der Waals surface area contributed by atoms with Crippen LogP contribution in [-0.4, -0.2) is 14.1 Å². The first-order valence-corrected chi connectivity index (χ1v) is 17.4. The first-order valence-electron chi connectivity index (χ1n) is 17.4. The van der Waals surface area contributed by atoms with Crippen LogP contribution in [0.4, 0.5) is 0 Å². The number of allylic oxidation sites excluding steroid dienone is 4. The Morgan fingerprint density at radius 3 is 1.62 bits per heavy atom. The van der Waals surface area contributed by atoms with E-state index < -0.39 is 0 Å². The molecule has 50 heavy (non-hydrogen) atoms. The molecule has 0 amide bonds. The van der Waals surface area contributed by atoms with Crippen LogP contribution in [0.1, 0.15) is 23.0 Å². The predicted octanol–water partition coefficient (Wildman–Crippen LogP) is 11.9. The number of hydrogen-bond donors (Lipinski definition) is 0. The monoisotopic (exact) mass is 637 g/mol. The Hall–Kier alpha value is -6.45. The highest BCUT2D eigenvalue weighted by Gasteiger charge is 2.32. The van der Waals surface area contributed by atoms with E-state index in [1.807, 2.05) is 12.4 Å². The van der Waals surface area contributed by atoms with Gasteiger partial charge in [-0.2, -0.15) is 0 Å². The van der Waals surface area contributed by atoms with E-state index in [1.165, 1.54) is 82.7 Å². The molecule has 3 heterocycles. The molecule has 0 N–H and O–H groups in total. The SMILES string of the molecule is C1=CC2c3ccccc3-c3ccc(-n4c5ccccc5c5cc(-c6ccc7c(c6)c6ccccc6n7-c6ccncc6)ccc54)cc3C2C=C1. The minimum Gasteiger partial charge on any atom is -0.309 e. The van der Waals surface area contributed by atoms with Gasteiger partial charge in [-0.25, -0.2) is 0 Å². The predicted molar refractivity (Wildman–Crippen MR) is 208 cm³/mol. The first-order chi connectivity index (χ1) is 24.8. The van der Waals surface area contributed by atoms with Crippen molar-refractivity contribution in [3.05, 3.63) is 187 Å². The Kier molecular flexibility index (Phi) is 5.79. The summed E-state index contributed by atoms with van der Waals surface area (Å²) in [5.41, 5.74) is 15.1. The molecule has 0 saturated carbocycles. The minimum atomic E-state index is 0.323. The summed E-state index contributed by atoms with van der Waals surface area (Å²) in [5.74, 6) is 0.680. The van der Waals surface area contributed by atoms with Crippen molar-refractivity contribution in [3.63, 3.8) is 0 Å². The zero-order chi connectivity index (χ0) is 32.8. The third-order valence-corrected chi connectivity index (χ3v) is 11.0. The molecule has 6 aromatic carbocycles. The van der Waals surface area contributed by atoms with Crippen LogP contribution in [-0.2, 0) is 0 Å². The van der Waals surface area contributed by atoms with Gasteiger partial charge >= 0.3 is 0 Å². The third-order valence-electron chi connectivity index (χ3n) is 11.0. The summed E-state index contributed by atoms with van der Waals surface area (Å²) in [6.45, 7) is 0. The number of hydrogen-bond acceptors (Lipinski definition) is 1. The van der Waals surface area contributed by atoms with Crippen LogP contribution in [0.2, 0.25) is 0 Å². The molecule has 3 aromatic heterocycles. The van der Waals surface area contributed by atoms with Crippen molar-refractivity contribution in [2.45, 2.75) is 11.8 Å². The second-order valence-corrected chi connectivity index (χ2v) is 13.6. The summed E-state index contributed by atoms with van der Waals surface area (Å²) in [4.78, 5) is 4.26. The number of fused-ring (bicyclic) bond motifs is 12.